The number of hydrogen-bond donors (Lipinski definition) is 2. The van der Waals surface area contributed by atoms with Gasteiger partial charge < -0.3 is 16.0 Å². The number of aliphatic imine (C=N–C) groups is 1. The van der Waals surface area contributed by atoms with Crippen molar-refractivity contribution in [2.75, 3.05) is 26.2 Å². The van der Waals surface area contributed by atoms with Gasteiger partial charge in [0.2, 0.25) is 0 Å². The van der Waals surface area contributed by atoms with Gasteiger partial charge in [-0.15, -0.1) is 0 Å². The summed E-state index contributed by atoms with van der Waals surface area (Å²) in [6.07, 6.45) is 4.89. The van der Waals surface area contributed by atoms with Gasteiger partial charge in [0.15, 0.2) is 5.96 Å². The molecule has 22 heavy (non-hydrogen) atoms. The van der Waals surface area contributed by atoms with Crippen LogP contribution in [0.1, 0.15) is 36.0 Å². The van der Waals surface area contributed by atoms with E-state index in [1.807, 2.05) is 12.1 Å². The maximum atomic E-state index is 12.0. The van der Waals surface area contributed by atoms with E-state index in [-0.39, 0.29) is 5.91 Å². The van der Waals surface area contributed by atoms with E-state index < -0.39 is 0 Å². The molecule has 1 aromatic rings. The molecule has 2 rings (SSSR count). The number of carbonyl (C=O) groups is 1. The summed E-state index contributed by atoms with van der Waals surface area (Å²) in [5.74, 6) is 0.503. The minimum Gasteiger partial charge on any atom is -0.370 e. The molecule has 0 saturated carbocycles. The van der Waals surface area contributed by atoms with Crippen LogP contribution in [0.4, 0.5) is 0 Å². The Hall–Kier alpha value is -1.56. The highest BCUT2D eigenvalue weighted by Crippen LogP contribution is 2.11. The largest absolute Gasteiger partial charge is 0.370 e. The first-order valence-electron chi connectivity index (χ1n) is 7.75. The molecule has 1 aromatic carbocycles. The van der Waals surface area contributed by atoms with Gasteiger partial charge in [0, 0.05) is 29.7 Å². The fraction of sp³-hybridized carbons (Fsp3) is 0.500. The molecule has 1 amide bonds. The van der Waals surface area contributed by atoms with Gasteiger partial charge in [0.25, 0.3) is 5.91 Å². The fourth-order valence-electron chi connectivity index (χ4n) is 2.47. The molecule has 3 N–H and O–H groups in total. The van der Waals surface area contributed by atoms with E-state index in [0.717, 1.165) is 17.6 Å². The minimum atomic E-state index is -0.0927. The van der Waals surface area contributed by atoms with Crippen molar-refractivity contribution in [3.63, 3.8) is 0 Å². The van der Waals surface area contributed by atoms with Crippen LogP contribution < -0.4 is 11.1 Å². The molecule has 0 spiro atoms. The van der Waals surface area contributed by atoms with Gasteiger partial charge in [-0.25, -0.2) is 0 Å². The number of guanidine groups is 1. The van der Waals surface area contributed by atoms with E-state index in [0.29, 0.717) is 24.6 Å². The summed E-state index contributed by atoms with van der Waals surface area (Å²) in [5, 5.41) is 2.86. The number of amides is 1. The maximum absolute atomic E-state index is 12.0. The van der Waals surface area contributed by atoms with Crippen LogP contribution in [0, 0.1) is 0 Å². The van der Waals surface area contributed by atoms with Crippen LogP contribution in [0.25, 0.3) is 0 Å². The molecule has 0 atom stereocenters. The standard InChI is InChI=1S/C16H23BrN4O/c17-14-7-5-6-13(12-14)15(22)19-8-9-20-16(18)21-10-3-1-2-4-11-21/h5-7,12H,1-4,8-11H2,(H2,18,20)(H,19,22). The van der Waals surface area contributed by atoms with Crippen molar-refractivity contribution in [2.45, 2.75) is 25.7 Å². The molecular formula is C16H23BrN4O. The Morgan fingerprint density at radius 3 is 2.68 bits per heavy atom. The first kappa shape index (κ1) is 16.8. The SMILES string of the molecule is NC(=NCCNC(=O)c1cccc(Br)c1)N1CCCCCC1. The van der Waals surface area contributed by atoms with E-state index in [2.05, 4.69) is 31.1 Å². The lowest BCUT2D eigenvalue weighted by molar-refractivity contribution is 0.0954. The summed E-state index contributed by atoms with van der Waals surface area (Å²) >= 11 is 3.36. The Morgan fingerprint density at radius 1 is 1.27 bits per heavy atom. The molecule has 1 heterocycles. The number of likely N-dealkylation sites (tertiary alicyclic amines) is 1. The highest BCUT2D eigenvalue weighted by molar-refractivity contribution is 9.10. The minimum absolute atomic E-state index is 0.0927. The van der Waals surface area contributed by atoms with E-state index in [1.165, 1.54) is 25.7 Å². The van der Waals surface area contributed by atoms with Gasteiger partial charge in [-0.1, -0.05) is 34.8 Å². The highest BCUT2D eigenvalue weighted by atomic mass is 79.9. The van der Waals surface area contributed by atoms with Crippen molar-refractivity contribution in [3.05, 3.63) is 34.3 Å². The molecule has 0 unspecified atom stereocenters. The normalized spacial score (nSPS) is 16.2. The van der Waals surface area contributed by atoms with Crippen molar-refractivity contribution >= 4 is 27.8 Å². The average Bonchev–Trinajstić information content (AvgIpc) is 2.80. The zero-order valence-corrected chi connectivity index (χ0v) is 14.3. The van der Waals surface area contributed by atoms with Crippen LogP contribution in [-0.2, 0) is 0 Å². The average molecular weight is 367 g/mol. The number of benzene rings is 1. The van der Waals surface area contributed by atoms with E-state index in [4.69, 9.17) is 5.73 Å². The van der Waals surface area contributed by atoms with Crippen molar-refractivity contribution < 1.29 is 4.79 Å². The predicted octanol–water partition coefficient (Wildman–Crippen LogP) is 2.37. The fourth-order valence-corrected chi connectivity index (χ4v) is 2.87. The summed E-state index contributed by atoms with van der Waals surface area (Å²) < 4.78 is 0.892. The summed E-state index contributed by atoms with van der Waals surface area (Å²) in [7, 11) is 0. The van der Waals surface area contributed by atoms with Gasteiger partial charge in [-0.3, -0.25) is 9.79 Å². The van der Waals surface area contributed by atoms with E-state index in [9.17, 15) is 4.79 Å². The lowest BCUT2D eigenvalue weighted by Gasteiger charge is -2.21. The smallest absolute Gasteiger partial charge is 0.251 e. The van der Waals surface area contributed by atoms with Crippen LogP contribution in [-0.4, -0.2) is 42.9 Å². The molecule has 6 heteroatoms. The van der Waals surface area contributed by atoms with Crippen LogP contribution in [0.15, 0.2) is 33.7 Å². The lowest BCUT2D eigenvalue weighted by Crippen LogP contribution is -2.38. The zero-order chi connectivity index (χ0) is 15.8. The lowest BCUT2D eigenvalue weighted by atomic mass is 10.2. The topological polar surface area (TPSA) is 70.7 Å². The molecule has 1 fully saturated rings. The second-order valence-corrected chi connectivity index (χ2v) is 6.32. The maximum Gasteiger partial charge on any atom is 0.251 e. The molecule has 1 saturated heterocycles. The van der Waals surface area contributed by atoms with Crippen LogP contribution in [0.5, 0.6) is 0 Å². The molecule has 1 aliphatic heterocycles. The van der Waals surface area contributed by atoms with Gasteiger partial charge in [0.1, 0.15) is 0 Å². The number of halogens is 1. The third-order valence-corrected chi connectivity index (χ3v) is 4.18. The number of hydrogen-bond acceptors (Lipinski definition) is 2. The number of nitrogens with zero attached hydrogens (tertiary/aromatic N) is 2. The van der Waals surface area contributed by atoms with Crippen LogP contribution in [0.3, 0.4) is 0 Å². The molecule has 1 aliphatic rings. The van der Waals surface area contributed by atoms with Crippen molar-refractivity contribution in [1.82, 2.24) is 10.2 Å². The molecular weight excluding hydrogens is 344 g/mol. The number of rotatable bonds is 4. The molecule has 0 radical (unpaired) electrons. The van der Waals surface area contributed by atoms with E-state index >= 15 is 0 Å². The summed E-state index contributed by atoms with van der Waals surface area (Å²) in [6.45, 7) is 2.96. The zero-order valence-electron chi connectivity index (χ0n) is 12.7. The molecule has 120 valence electrons. The monoisotopic (exact) mass is 366 g/mol. The Bertz CT molecular complexity index is 525. The first-order chi connectivity index (χ1) is 10.7. The second-order valence-electron chi connectivity index (χ2n) is 5.41. The Labute approximate surface area is 140 Å². The summed E-state index contributed by atoms with van der Waals surface area (Å²) in [5.41, 5.74) is 6.66. The quantitative estimate of drug-likeness (QED) is 0.488. The number of nitrogens with two attached hydrogens (primary N) is 1. The first-order valence-corrected chi connectivity index (χ1v) is 8.55. The van der Waals surface area contributed by atoms with Crippen LogP contribution >= 0.6 is 15.9 Å². The van der Waals surface area contributed by atoms with Gasteiger partial charge >= 0.3 is 0 Å². The number of carbonyl (C=O) groups excluding carboxylic acids is 1. The Morgan fingerprint density at radius 2 is 2.00 bits per heavy atom. The predicted molar refractivity (Wildman–Crippen MR) is 93.0 cm³/mol. The van der Waals surface area contributed by atoms with Gasteiger partial charge in [-0.2, -0.15) is 0 Å². The van der Waals surface area contributed by atoms with Gasteiger partial charge in [0.05, 0.1) is 6.54 Å². The number of nitrogens with one attached hydrogen (secondary N) is 1. The second kappa shape index (κ2) is 8.78. The molecule has 0 aliphatic carbocycles. The van der Waals surface area contributed by atoms with Crippen LogP contribution in [0.2, 0.25) is 0 Å². The summed E-state index contributed by atoms with van der Waals surface area (Å²) in [6, 6.07) is 7.32. The molecule has 0 aromatic heterocycles. The third-order valence-electron chi connectivity index (χ3n) is 3.69. The highest BCUT2D eigenvalue weighted by Gasteiger charge is 2.10. The van der Waals surface area contributed by atoms with Gasteiger partial charge in [-0.05, 0) is 31.0 Å². The van der Waals surface area contributed by atoms with Crippen molar-refractivity contribution in [1.29, 1.82) is 0 Å². The van der Waals surface area contributed by atoms with E-state index in [1.54, 1.807) is 12.1 Å². The van der Waals surface area contributed by atoms with Crippen molar-refractivity contribution in [3.8, 4) is 0 Å². The molecule has 0 bridgehead atoms. The Balaban J connectivity index is 1.75. The van der Waals surface area contributed by atoms with Crippen molar-refractivity contribution in [2.24, 2.45) is 10.7 Å². The third kappa shape index (κ3) is 5.33. The Kier molecular flexibility index (Phi) is 6.71. The summed E-state index contributed by atoms with van der Waals surface area (Å²) in [4.78, 5) is 18.5. The molecule has 5 nitrogen and oxygen atoms in total.